The Morgan fingerprint density at radius 2 is 1.92 bits per heavy atom. The third kappa shape index (κ3) is 4.59. The van der Waals surface area contributed by atoms with Gasteiger partial charge in [0.25, 0.3) is 0 Å². The molecule has 0 bridgehead atoms. The third-order valence-electron chi connectivity index (χ3n) is 7.92. The summed E-state index contributed by atoms with van der Waals surface area (Å²) in [4.78, 5) is 29.7. The molecule has 0 radical (unpaired) electrons. The molecule has 0 aromatic heterocycles. The van der Waals surface area contributed by atoms with Crippen LogP contribution in [0, 0.1) is 17.2 Å². The first-order valence-corrected chi connectivity index (χ1v) is 13.6. The van der Waals surface area contributed by atoms with Crippen LogP contribution in [0.1, 0.15) is 57.2 Å². The maximum Gasteiger partial charge on any atom is 0.318 e. The molecule has 3 aliphatic rings. The lowest BCUT2D eigenvalue weighted by molar-refractivity contribution is -0.123. The molecule has 198 valence electrons. The monoisotopic (exact) mass is 546 g/mol. The van der Waals surface area contributed by atoms with Crippen LogP contribution in [-0.4, -0.2) is 42.5 Å². The second-order valence-electron chi connectivity index (χ2n) is 11.6. The Morgan fingerprint density at radius 3 is 2.62 bits per heavy atom. The summed E-state index contributed by atoms with van der Waals surface area (Å²) in [5.74, 6) is -1.13. The van der Waals surface area contributed by atoms with E-state index < -0.39 is 17.3 Å². The van der Waals surface area contributed by atoms with Crippen LogP contribution in [0.15, 0.2) is 36.4 Å². The molecule has 3 N–H and O–H groups in total. The van der Waals surface area contributed by atoms with Crippen LogP contribution in [0.2, 0.25) is 10.0 Å². The number of urea groups is 1. The number of halogens is 3. The molecule has 2 saturated heterocycles. The van der Waals surface area contributed by atoms with Crippen molar-refractivity contribution < 1.29 is 14.0 Å². The lowest BCUT2D eigenvalue weighted by atomic mass is 9.63. The fraction of sp³-hybridized carbons (Fsp3) is 0.500. The summed E-state index contributed by atoms with van der Waals surface area (Å²) in [6, 6.07) is 8.94. The third-order valence-corrected chi connectivity index (χ3v) is 8.44. The van der Waals surface area contributed by atoms with Crippen molar-refractivity contribution in [3.63, 3.8) is 0 Å². The zero-order valence-corrected chi connectivity index (χ0v) is 22.8. The summed E-state index contributed by atoms with van der Waals surface area (Å²) < 4.78 is 15.8. The van der Waals surface area contributed by atoms with Gasteiger partial charge in [-0.05, 0) is 67.4 Å². The van der Waals surface area contributed by atoms with Gasteiger partial charge in [-0.25, -0.2) is 9.18 Å². The first kappa shape index (κ1) is 26.3. The van der Waals surface area contributed by atoms with Crippen molar-refractivity contribution in [2.45, 2.75) is 57.5 Å². The lowest BCUT2D eigenvalue weighted by Gasteiger charge is -2.38. The number of carbonyl (C=O) groups excluding carboxylic acids is 2. The Balaban J connectivity index is 1.70. The average Bonchev–Trinajstić information content (AvgIpc) is 3.30. The van der Waals surface area contributed by atoms with E-state index in [-0.39, 0.29) is 39.9 Å². The molecule has 3 atom stereocenters. The summed E-state index contributed by atoms with van der Waals surface area (Å²) in [7, 11) is 0. The van der Waals surface area contributed by atoms with Crippen LogP contribution in [0.3, 0.4) is 0 Å². The molecule has 3 heterocycles. The highest BCUT2D eigenvalue weighted by Gasteiger charge is 2.65. The summed E-state index contributed by atoms with van der Waals surface area (Å²) in [5.41, 5.74) is 0.223. The van der Waals surface area contributed by atoms with E-state index in [1.165, 1.54) is 6.07 Å². The highest BCUT2D eigenvalue weighted by molar-refractivity contribution is 6.31. The number of likely N-dealkylation sites (tertiary alicyclic amines) is 1. The van der Waals surface area contributed by atoms with E-state index in [4.69, 9.17) is 23.2 Å². The molecule has 3 unspecified atom stereocenters. The molecular weight excluding hydrogens is 514 g/mol. The number of hydrogen-bond donors (Lipinski definition) is 3. The average molecular weight is 548 g/mol. The van der Waals surface area contributed by atoms with E-state index in [1.54, 1.807) is 29.2 Å². The number of piperidine rings is 1. The molecule has 2 fully saturated rings. The number of fused-ring (bicyclic) bond motifs is 2. The van der Waals surface area contributed by atoms with Crippen LogP contribution in [-0.2, 0) is 10.2 Å². The predicted octanol–water partition coefficient (Wildman–Crippen LogP) is 5.89. The van der Waals surface area contributed by atoms with E-state index in [0.717, 1.165) is 31.5 Å². The molecule has 6 nitrogen and oxygen atoms in total. The fourth-order valence-corrected chi connectivity index (χ4v) is 6.85. The van der Waals surface area contributed by atoms with Crippen molar-refractivity contribution in [3.05, 3.63) is 63.4 Å². The SMILES string of the molecule is CC(C)(C)CC1CN(C(=O)NC2CCNCC2)C(c2cccc(Cl)c2F)C12C(=O)Nc1cc(Cl)ccc12. The smallest absolute Gasteiger partial charge is 0.318 e. The summed E-state index contributed by atoms with van der Waals surface area (Å²) in [6.07, 6.45) is 2.28. The minimum absolute atomic E-state index is 0.0136. The van der Waals surface area contributed by atoms with Crippen molar-refractivity contribution in [1.29, 1.82) is 0 Å². The number of hydrogen-bond acceptors (Lipinski definition) is 3. The standard InChI is InChI=1S/C28H33Cl2FN4O2/c1-27(2,3)14-16-15-35(26(37)33-18-9-11-32-12-10-18)24(19-5-4-6-21(30)23(19)31)28(16)20-8-7-17(29)13-22(20)34-25(28)36/h4-8,13,16,18,24,32H,9-12,14-15H2,1-3H3,(H,33,37)(H,34,36). The van der Waals surface area contributed by atoms with Gasteiger partial charge >= 0.3 is 6.03 Å². The maximum atomic E-state index is 15.8. The number of rotatable bonds is 3. The molecule has 37 heavy (non-hydrogen) atoms. The van der Waals surface area contributed by atoms with Gasteiger partial charge < -0.3 is 20.9 Å². The van der Waals surface area contributed by atoms with Crippen LogP contribution >= 0.6 is 23.2 Å². The summed E-state index contributed by atoms with van der Waals surface area (Å²) in [5, 5.41) is 9.95. The van der Waals surface area contributed by atoms with Crippen LogP contribution < -0.4 is 16.0 Å². The quantitative estimate of drug-likeness (QED) is 0.449. The van der Waals surface area contributed by atoms with Gasteiger partial charge in [-0.15, -0.1) is 0 Å². The highest BCUT2D eigenvalue weighted by Crippen LogP contribution is 2.60. The van der Waals surface area contributed by atoms with E-state index in [9.17, 15) is 9.59 Å². The Kier molecular flexibility index (Phi) is 6.92. The van der Waals surface area contributed by atoms with Gasteiger partial charge in [0.1, 0.15) is 11.2 Å². The molecule has 2 aromatic carbocycles. The second kappa shape index (κ2) is 9.75. The largest absolute Gasteiger partial charge is 0.335 e. The van der Waals surface area contributed by atoms with Crippen molar-refractivity contribution >= 4 is 40.8 Å². The Hall–Kier alpha value is -2.35. The Bertz CT molecular complexity index is 1230. The number of carbonyl (C=O) groups is 2. The van der Waals surface area contributed by atoms with Gasteiger partial charge in [-0.3, -0.25) is 4.79 Å². The Morgan fingerprint density at radius 1 is 1.19 bits per heavy atom. The summed E-state index contributed by atoms with van der Waals surface area (Å²) in [6.45, 7) is 8.30. The molecule has 0 saturated carbocycles. The molecule has 3 aliphatic heterocycles. The van der Waals surface area contributed by atoms with Crippen molar-refractivity contribution in [2.24, 2.45) is 11.3 Å². The normalized spacial score (nSPS) is 25.9. The van der Waals surface area contributed by atoms with Crippen molar-refractivity contribution in [3.8, 4) is 0 Å². The van der Waals surface area contributed by atoms with Crippen LogP contribution in [0.4, 0.5) is 14.9 Å². The van der Waals surface area contributed by atoms with E-state index in [1.807, 2.05) is 6.07 Å². The van der Waals surface area contributed by atoms with Gasteiger partial charge in [0, 0.05) is 28.9 Å². The molecule has 5 rings (SSSR count). The zero-order valence-electron chi connectivity index (χ0n) is 21.3. The Labute approximate surface area is 227 Å². The van der Waals surface area contributed by atoms with Crippen molar-refractivity contribution in [2.75, 3.05) is 25.0 Å². The number of benzene rings is 2. The van der Waals surface area contributed by atoms with Gasteiger partial charge in [0.05, 0.1) is 11.1 Å². The topological polar surface area (TPSA) is 73.5 Å². The number of nitrogens with zero attached hydrogens (tertiary/aromatic N) is 1. The predicted molar refractivity (Wildman–Crippen MR) is 145 cm³/mol. The lowest BCUT2D eigenvalue weighted by Crippen LogP contribution is -2.50. The first-order valence-electron chi connectivity index (χ1n) is 12.9. The molecule has 0 aliphatic carbocycles. The van der Waals surface area contributed by atoms with E-state index in [2.05, 4.69) is 36.7 Å². The minimum atomic E-state index is -1.20. The molecule has 1 spiro atoms. The fourth-order valence-electron chi connectivity index (χ4n) is 6.49. The van der Waals surface area contributed by atoms with Crippen LogP contribution in [0.25, 0.3) is 0 Å². The second-order valence-corrected chi connectivity index (χ2v) is 12.5. The molecular formula is C28H33Cl2FN4O2. The molecule has 3 amide bonds. The highest BCUT2D eigenvalue weighted by atomic mass is 35.5. The van der Waals surface area contributed by atoms with Gasteiger partial charge in [-0.1, -0.05) is 62.2 Å². The molecule has 9 heteroatoms. The van der Waals surface area contributed by atoms with Crippen LogP contribution in [0.5, 0.6) is 0 Å². The van der Waals surface area contributed by atoms with Gasteiger partial charge in [0.2, 0.25) is 5.91 Å². The van der Waals surface area contributed by atoms with E-state index in [0.29, 0.717) is 23.7 Å². The minimum Gasteiger partial charge on any atom is -0.335 e. The number of anilines is 1. The van der Waals surface area contributed by atoms with E-state index >= 15 is 4.39 Å². The number of amides is 3. The first-order chi connectivity index (χ1) is 17.5. The molecule has 2 aromatic rings. The van der Waals surface area contributed by atoms with Gasteiger partial charge in [0.15, 0.2) is 0 Å². The number of nitrogens with one attached hydrogen (secondary N) is 3. The van der Waals surface area contributed by atoms with Gasteiger partial charge in [-0.2, -0.15) is 0 Å². The van der Waals surface area contributed by atoms with Crippen molar-refractivity contribution in [1.82, 2.24) is 15.5 Å². The summed E-state index contributed by atoms with van der Waals surface area (Å²) >= 11 is 12.5. The maximum absolute atomic E-state index is 15.8. The zero-order chi connectivity index (χ0) is 26.5.